The van der Waals surface area contributed by atoms with E-state index in [-0.39, 0.29) is 25.7 Å². The molecule has 0 amide bonds. The molecule has 0 aromatic carbocycles. The van der Waals surface area contributed by atoms with Gasteiger partial charge in [-0.25, -0.2) is 9.13 Å². The molecule has 0 bridgehead atoms. The molecule has 3 N–H and O–H groups in total. The third kappa shape index (κ3) is 70.7. The largest absolute Gasteiger partial charge is 0.472 e. The summed E-state index contributed by atoms with van der Waals surface area (Å²) in [4.78, 5) is 72.8. The number of carbonyl (C=O) groups excluding carboxylic acids is 4. The Morgan fingerprint density at radius 1 is 0.286 bits per heavy atom. The summed E-state index contributed by atoms with van der Waals surface area (Å²) in [6.45, 7) is 4.75. The van der Waals surface area contributed by atoms with Crippen LogP contribution in [0.15, 0.2) is 85.1 Å². The van der Waals surface area contributed by atoms with Gasteiger partial charge in [0, 0.05) is 25.7 Å². The van der Waals surface area contributed by atoms with Gasteiger partial charge in [-0.2, -0.15) is 0 Å². The molecule has 0 spiro atoms. The first-order valence-corrected chi connectivity index (χ1v) is 41.8. The number of esters is 4. The fourth-order valence-electron chi connectivity index (χ4n) is 10.3. The van der Waals surface area contributed by atoms with Gasteiger partial charge in [-0.05, 0) is 141 Å². The highest BCUT2D eigenvalue weighted by molar-refractivity contribution is 7.47. The van der Waals surface area contributed by atoms with Crippen molar-refractivity contribution < 1.29 is 80.2 Å². The smallest absolute Gasteiger partial charge is 0.462 e. The number of phosphoric acid groups is 2. The lowest BCUT2D eigenvalue weighted by molar-refractivity contribution is -0.161. The molecule has 19 heteroatoms. The molecule has 5 atom stereocenters. The lowest BCUT2D eigenvalue weighted by Gasteiger charge is -2.21. The summed E-state index contributed by atoms with van der Waals surface area (Å²) in [6, 6.07) is 0. The number of hydrogen-bond acceptors (Lipinski definition) is 15. The minimum absolute atomic E-state index is 0.0188. The average molecular weight is 1420 g/mol. The predicted molar refractivity (Wildman–Crippen MR) is 399 cm³/mol. The molecule has 17 nitrogen and oxygen atoms in total. The second-order valence-corrected chi connectivity index (χ2v) is 28.8. The van der Waals surface area contributed by atoms with Crippen LogP contribution in [0.1, 0.15) is 336 Å². The number of phosphoric ester groups is 2. The number of aliphatic hydroxyl groups is 1. The van der Waals surface area contributed by atoms with E-state index in [9.17, 15) is 43.2 Å². The molecule has 0 fully saturated rings. The summed E-state index contributed by atoms with van der Waals surface area (Å²) < 4.78 is 68.4. The number of unbranched alkanes of at least 4 members (excludes halogenated alkanes) is 33. The van der Waals surface area contributed by atoms with Crippen LogP contribution in [0, 0.1) is 0 Å². The highest BCUT2D eigenvalue weighted by atomic mass is 31.2. The van der Waals surface area contributed by atoms with E-state index in [1.807, 2.05) is 12.2 Å². The van der Waals surface area contributed by atoms with Crippen molar-refractivity contribution in [1.29, 1.82) is 0 Å². The minimum Gasteiger partial charge on any atom is -0.462 e. The summed E-state index contributed by atoms with van der Waals surface area (Å²) >= 11 is 0. The van der Waals surface area contributed by atoms with Gasteiger partial charge in [-0.3, -0.25) is 37.3 Å². The van der Waals surface area contributed by atoms with E-state index >= 15 is 0 Å². The zero-order valence-electron chi connectivity index (χ0n) is 62.0. The van der Waals surface area contributed by atoms with Crippen LogP contribution in [0.5, 0.6) is 0 Å². The van der Waals surface area contributed by atoms with Gasteiger partial charge in [-0.1, -0.05) is 254 Å². The van der Waals surface area contributed by atoms with Crippen LogP contribution >= 0.6 is 15.6 Å². The fraction of sp³-hybridized carbons (Fsp3) is 0.772. The van der Waals surface area contributed by atoms with Gasteiger partial charge in [0.05, 0.1) is 26.4 Å². The van der Waals surface area contributed by atoms with Gasteiger partial charge < -0.3 is 33.8 Å². The number of hydrogen-bond donors (Lipinski definition) is 3. The Kier molecular flexibility index (Phi) is 68.9. The Balaban J connectivity index is 5.39. The maximum absolute atomic E-state index is 13.1. The van der Waals surface area contributed by atoms with Crippen LogP contribution < -0.4 is 0 Å². The van der Waals surface area contributed by atoms with Crippen molar-refractivity contribution in [2.24, 2.45) is 0 Å². The topological polar surface area (TPSA) is 237 Å². The van der Waals surface area contributed by atoms with Gasteiger partial charge >= 0.3 is 39.5 Å². The molecule has 0 rings (SSSR count). The Hall–Kier alpha value is -3.76. The first-order valence-electron chi connectivity index (χ1n) is 38.8. The van der Waals surface area contributed by atoms with E-state index in [1.165, 1.54) is 109 Å². The monoisotopic (exact) mass is 1420 g/mol. The summed E-state index contributed by atoms with van der Waals surface area (Å²) in [6.07, 6.45) is 72.9. The lowest BCUT2D eigenvalue weighted by Crippen LogP contribution is -2.30. The molecule has 98 heavy (non-hydrogen) atoms. The van der Waals surface area contributed by atoms with E-state index in [2.05, 4.69) is 101 Å². The Bertz CT molecular complexity index is 2190. The van der Waals surface area contributed by atoms with Crippen LogP contribution in [0.2, 0.25) is 0 Å². The number of allylic oxidation sites excluding steroid dienone is 14. The second-order valence-electron chi connectivity index (χ2n) is 25.9. The second kappa shape index (κ2) is 71.6. The molecule has 568 valence electrons. The third-order valence-electron chi connectivity index (χ3n) is 16.3. The van der Waals surface area contributed by atoms with Crippen molar-refractivity contribution in [2.45, 2.75) is 354 Å². The molecule has 0 aliphatic heterocycles. The SMILES string of the molecule is CCCCC/C=C\C/C=C\C/C=C\C/C=C\CCCC(=O)O[C@H](COC(=O)CCCCCCC/C=C\CCCCCC)COP(=O)(O)OC[C@H](O)COP(=O)(O)OC[C@@H](COC(=O)CCCCCCCCC/C=C\CCCCCC)OC(=O)CCCCCCC/C=C\CCCCCC. The molecule has 0 saturated heterocycles. The van der Waals surface area contributed by atoms with E-state index in [0.29, 0.717) is 32.1 Å². The zero-order chi connectivity index (χ0) is 71.8. The van der Waals surface area contributed by atoms with Crippen molar-refractivity contribution in [1.82, 2.24) is 0 Å². The number of rotatable bonds is 73. The lowest BCUT2D eigenvalue weighted by atomic mass is 10.1. The third-order valence-corrected chi connectivity index (χ3v) is 18.2. The molecular weight excluding hydrogens is 1280 g/mol. The summed E-state index contributed by atoms with van der Waals surface area (Å²) in [5.41, 5.74) is 0. The molecule has 0 aromatic rings. The van der Waals surface area contributed by atoms with Gasteiger partial charge in [0.25, 0.3) is 0 Å². The number of carbonyl (C=O) groups is 4. The van der Waals surface area contributed by atoms with Crippen molar-refractivity contribution in [3.63, 3.8) is 0 Å². The molecule has 2 unspecified atom stereocenters. The Morgan fingerprint density at radius 2 is 0.510 bits per heavy atom. The summed E-state index contributed by atoms with van der Waals surface area (Å²) in [7, 11) is -9.96. The van der Waals surface area contributed by atoms with Crippen molar-refractivity contribution in [3.05, 3.63) is 85.1 Å². The van der Waals surface area contributed by atoms with Gasteiger partial charge in [0.1, 0.15) is 19.3 Å². The normalized spacial score (nSPS) is 14.4. The fourth-order valence-corrected chi connectivity index (χ4v) is 11.9. The highest BCUT2D eigenvalue weighted by Crippen LogP contribution is 2.45. The molecule has 0 aliphatic carbocycles. The van der Waals surface area contributed by atoms with Crippen LogP contribution in [0.25, 0.3) is 0 Å². The van der Waals surface area contributed by atoms with Crippen molar-refractivity contribution in [2.75, 3.05) is 39.6 Å². The van der Waals surface area contributed by atoms with Crippen LogP contribution in [0.4, 0.5) is 0 Å². The molecular formula is C79H140O17P2. The van der Waals surface area contributed by atoms with E-state index < -0.39 is 97.5 Å². The zero-order valence-corrected chi connectivity index (χ0v) is 63.7. The average Bonchev–Trinajstić information content (AvgIpc) is 1.02. The number of aliphatic hydroxyl groups excluding tert-OH is 1. The number of ether oxygens (including phenoxy) is 4. The molecule has 0 heterocycles. The van der Waals surface area contributed by atoms with Crippen LogP contribution in [-0.4, -0.2) is 96.7 Å². The minimum atomic E-state index is -4.99. The van der Waals surface area contributed by atoms with Crippen molar-refractivity contribution in [3.8, 4) is 0 Å². The molecule has 0 radical (unpaired) electrons. The molecule has 0 saturated carbocycles. The standard InChI is InChI=1S/C79H140O17P2/c1-5-9-13-17-21-25-29-33-35-36-38-42-46-50-54-58-62-66-79(84)96-75(69-89-76(81)63-59-55-51-47-43-39-31-27-23-19-15-11-7-3)72-94-98(87,88)92-68-73(80)67-91-97(85,86)93-71-74(95-78(83)65-61-57-53-49-45-40-32-28-24-20-16-12-8-4)70-90-77(82)64-60-56-52-48-44-41-37-34-30-26-22-18-14-10-6-2/h21,25-28,30-33,35,38,42,50,54,73-75,80H,5-20,22-24,29,34,36-37,39-41,43-49,51-53,55-72H2,1-4H3,(H,85,86)(H,87,88)/b25-21-,30-26-,31-27-,32-28-,35-33-,42-38-,54-50-/t73-,74-,75-/m1/s1. The highest BCUT2D eigenvalue weighted by Gasteiger charge is 2.30. The van der Waals surface area contributed by atoms with Gasteiger partial charge in [0.15, 0.2) is 12.2 Å². The summed E-state index contributed by atoms with van der Waals surface area (Å²) in [5.74, 6) is -2.25. The van der Waals surface area contributed by atoms with Gasteiger partial charge in [0.2, 0.25) is 0 Å². The first-order chi connectivity index (χ1) is 47.7. The van der Waals surface area contributed by atoms with E-state index in [1.54, 1.807) is 0 Å². The van der Waals surface area contributed by atoms with E-state index in [0.717, 1.165) is 141 Å². The van der Waals surface area contributed by atoms with E-state index in [4.69, 9.17) is 37.0 Å². The van der Waals surface area contributed by atoms with Crippen LogP contribution in [-0.2, 0) is 65.4 Å². The summed E-state index contributed by atoms with van der Waals surface area (Å²) in [5, 5.41) is 10.6. The Morgan fingerprint density at radius 3 is 0.837 bits per heavy atom. The molecule has 0 aliphatic rings. The first kappa shape index (κ1) is 94.2. The quantitative estimate of drug-likeness (QED) is 0.0169. The predicted octanol–water partition coefficient (Wildman–Crippen LogP) is 22.2. The maximum atomic E-state index is 13.1. The van der Waals surface area contributed by atoms with Crippen molar-refractivity contribution >= 4 is 39.5 Å². The Labute approximate surface area is 595 Å². The van der Waals surface area contributed by atoms with Crippen LogP contribution in [0.3, 0.4) is 0 Å². The molecule has 0 aromatic heterocycles. The maximum Gasteiger partial charge on any atom is 0.472 e. The van der Waals surface area contributed by atoms with Gasteiger partial charge in [-0.15, -0.1) is 0 Å².